The van der Waals surface area contributed by atoms with E-state index in [0.29, 0.717) is 10.7 Å². The van der Waals surface area contributed by atoms with E-state index in [4.69, 9.17) is 17.0 Å². The Labute approximate surface area is 150 Å². The molecule has 0 amide bonds. The molecule has 0 bridgehead atoms. The highest BCUT2D eigenvalue weighted by molar-refractivity contribution is 7.80. The summed E-state index contributed by atoms with van der Waals surface area (Å²) < 4.78 is 5.38. The van der Waals surface area contributed by atoms with Gasteiger partial charge in [0.2, 0.25) is 0 Å². The van der Waals surface area contributed by atoms with Crippen LogP contribution in [0.1, 0.15) is 45.2 Å². The lowest BCUT2D eigenvalue weighted by Gasteiger charge is -2.16. The van der Waals surface area contributed by atoms with Gasteiger partial charge in [0.05, 0.1) is 10.7 Å². The molecule has 0 aromatic carbocycles. The van der Waals surface area contributed by atoms with Crippen molar-refractivity contribution in [3.8, 4) is 0 Å². The molecule has 0 saturated heterocycles. The Morgan fingerprint density at radius 1 is 1.33 bits per heavy atom. The van der Waals surface area contributed by atoms with Crippen molar-refractivity contribution in [3.63, 3.8) is 0 Å². The van der Waals surface area contributed by atoms with E-state index in [0.717, 1.165) is 12.8 Å². The van der Waals surface area contributed by atoms with Gasteiger partial charge in [-0.05, 0) is 51.8 Å². The van der Waals surface area contributed by atoms with Gasteiger partial charge in [0.25, 0.3) is 0 Å². The van der Waals surface area contributed by atoms with Crippen LogP contribution >= 0.6 is 12.2 Å². The van der Waals surface area contributed by atoms with Crippen LogP contribution in [-0.2, 0) is 9.53 Å². The van der Waals surface area contributed by atoms with Gasteiger partial charge in [0, 0.05) is 13.2 Å². The molecule has 130 valence electrons. The average Bonchev–Trinajstić information content (AvgIpc) is 2.55. The van der Waals surface area contributed by atoms with Crippen molar-refractivity contribution in [2.75, 3.05) is 13.7 Å². The number of carbonyl (C=O) groups is 1. The first-order chi connectivity index (χ1) is 11.5. The molecular weight excluding hydrogens is 320 g/mol. The van der Waals surface area contributed by atoms with Crippen LogP contribution in [-0.4, -0.2) is 29.6 Å². The molecule has 0 saturated carbocycles. The lowest BCUT2D eigenvalue weighted by atomic mass is 10.0. The predicted octanol–water partition coefficient (Wildman–Crippen LogP) is 3.95. The zero-order valence-corrected chi connectivity index (χ0v) is 15.7. The first-order valence-corrected chi connectivity index (χ1v) is 8.44. The number of hydrogen-bond donors (Lipinski definition) is 1. The van der Waals surface area contributed by atoms with Crippen LogP contribution in [0.4, 0.5) is 0 Å². The van der Waals surface area contributed by atoms with Crippen molar-refractivity contribution in [1.82, 2.24) is 10.3 Å². The van der Waals surface area contributed by atoms with Crippen LogP contribution < -0.4 is 5.32 Å². The molecule has 1 aromatic heterocycles. The molecule has 5 heteroatoms. The van der Waals surface area contributed by atoms with Crippen LogP contribution in [0.25, 0.3) is 0 Å². The molecule has 0 radical (unpaired) electrons. The minimum atomic E-state index is -0.675. The van der Waals surface area contributed by atoms with Crippen molar-refractivity contribution in [2.24, 2.45) is 0 Å². The number of carbonyl (C=O) groups excluding carboxylic acids is 1. The van der Waals surface area contributed by atoms with E-state index in [1.807, 2.05) is 19.1 Å². The third-order valence-corrected chi connectivity index (χ3v) is 3.92. The van der Waals surface area contributed by atoms with Crippen LogP contribution in [0.5, 0.6) is 0 Å². The molecule has 0 aliphatic rings. The number of ether oxygens (including phenoxy) is 1. The number of rotatable bonds is 8. The van der Waals surface area contributed by atoms with E-state index in [2.05, 4.69) is 30.2 Å². The third-order valence-electron chi connectivity index (χ3n) is 3.48. The van der Waals surface area contributed by atoms with Gasteiger partial charge in [0.15, 0.2) is 0 Å². The lowest BCUT2D eigenvalue weighted by Crippen LogP contribution is -2.31. The summed E-state index contributed by atoms with van der Waals surface area (Å²) >= 11 is 5.24. The van der Waals surface area contributed by atoms with E-state index in [9.17, 15) is 4.79 Å². The van der Waals surface area contributed by atoms with E-state index in [-0.39, 0.29) is 12.6 Å². The fourth-order valence-electron chi connectivity index (χ4n) is 2.09. The minimum absolute atomic E-state index is 0.245. The van der Waals surface area contributed by atoms with Crippen LogP contribution in [0.15, 0.2) is 47.7 Å². The summed E-state index contributed by atoms with van der Waals surface area (Å²) in [5, 5.41) is 2.85. The Hall–Kier alpha value is -2.01. The molecule has 1 unspecified atom stereocenters. The van der Waals surface area contributed by atoms with Gasteiger partial charge in [-0.1, -0.05) is 35.5 Å². The van der Waals surface area contributed by atoms with Gasteiger partial charge in [-0.25, -0.2) is 0 Å². The Morgan fingerprint density at radius 3 is 2.67 bits per heavy atom. The zero-order valence-electron chi connectivity index (χ0n) is 14.8. The number of nitrogens with one attached hydrogen (secondary N) is 1. The maximum Gasteiger partial charge on any atom is 0.322 e. The van der Waals surface area contributed by atoms with Crippen molar-refractivity contribution in [2.45, 2.75) is 39.5 Å². The maximum absolute atomic E-state index is 12.4. The second-order valence-corrected chi connectivity index (χ2v) is 6.24. The highest BCUT2D eigenvalue weighted by Crippen LogP contribution is 2.16. The Balaban J connectivity index is 2.63. The first-order valence-electron chi connectivity index (χ1n) is 8.03. The summed E-state index contributed by atoms with van der Waals surface area (Å²) in [6.45, 7) is 6.46. The number of aromatic nitrogens is 1. The van der Waals surface area contributed by atoms with Gasteiger partial charge in [-0.15, -0.1) is 0 Å². The Morgan fingerprint density at radius 2 is 2.08 bits per heavy atom. The number of pyridine rings is 1. The van der Waals surface area contributed by atoms with Gasteiger partial charge in [0.1, 0.15) is 12.5 Å². The summed E-state index contributed by atoms with van der Waals surface area (Å²) in [4.78, 5) is 17.0. The van der Waals surface area contributed by atoms with E-state index in [1.165, 1.54) is 11.1 Å². The quantitative estimate of drug-likeness (QED) is 0.439. The Bertz CT molecular complexity index is 605. The Kier molecular flexibility index (Phi) is 8.94. The topological polar surface area (TPSA) is 51.2 Å². The summed E-state index contributed by atoms with van der Waals surface area (Å²) in [5.41, 5.74) is 3.10. The van der Waals surface area contributed by atoms with Gasteiger partial charge in [-0.3, -0.25) is 9.78 Å². The lowest BCUT2D eigenvalue weighted by molar-refractivity contribution is -0.142. The number of likely N-dealkylation sites (N-methyl/N-ethyl adjacent to an activating group) is 1. The van der Waals surface area contributed by atoms with E-state index < -0.39 is 5.92 Å². The van der Waals surface area contributed by atoms with Gasteiger partial charge >= 0.3 is 5.97 Å². The van der Waals surface area contributed by atoms with Gasteiger partial charge in [-0.2, -0.15) is 0 Å². The zero-order chi connectivity index (χ0) is 17.9. The molecule has 1 heterocycles. The second kappa shape index (κ2) is 10.7. The van der Waals surface area contributed by atoms with Crippen molar-refractivity contribution >= 4 is 23.2 Å². The molecule has 0 spiro atoms. The number of esters is 1. The van der Waals surface area contributed by atoms with Crippen LogP contribution in [0, 0.1) is 0 Å². The molecular formula is C19H26N2O2S. The molecule has 24 heavy (non-hydrogen) atoms. The summed E-state index contributed by atoms with van der Waals surface area (Å²) in [7, 11) is 1.69. The largest absolute Gasteiger partial charge is 0.461 e. The first kappa shape index (κ1) is 20.0. The summed E-state index contributed by atoms with van der Waals surface area (Å²) in [6, 6.07) is 5.40. The molecule has 0 aliphatic heterocycles. The number of nitrogens with zero attached hydrogens (tertiary/aromatic N) is 1. The second-order valence-electron chi connectivity index (χ2n) is 5.80. The average molecular weight is 346 g/mol. The molecule has 0 aliphatic carbocycles. The molecule has 1 rings (SSSR count). The number of allylic oxidation sites excluding steroid dienone is 3. The van der Waals surface area contributed by atoms with Crippen LogP contribution in [0.3, 0.4) is 0 Å². The highest BCUT2D eigenvalue weighted by Gasteiger charge is 2.27. The predicted molar refractivity (Wildman–Crippen MR) is 102 cm³/mol. The minimum Gasteiger partial charge on any atom is -0.461 e. The monoisotopic (exact) mass is 346 g/mol. The van der Waals surface area contributed by atoms with Crippen molar-refractivity contribution in [1.29, 1.82) is 0 Å². The molecule has 1 N–H and O–H groups in total. The molecule has 0 fully saturated rings. The van der Waals surface area contributed by atoms with Crippen molar-refractivity contribution in [3.05, 3.63) is 53.4 Å². The van der Waals surface area contributed by atoms with Crippen molar-refractivity contribution < 1.29 is 9.53 Å². The molecule has 1 aromatic rings. The standard InChI is InChI=1S/C19H26N2O2S/c1-14(2)8-7-9-15(3)11-13-23-19(22)17(18(24)20-4)16-10-5-6-12-21-16/h5-6,8,10-12,17H,7,9,13H2,1-4H3,(H,20,24). The fourth-order valence-corrected chi connectivity index (χ4v) is 2.31. The van der Waals surface area contributed by atoms with E-state index >= 15 is 0 Å². The summed E-state index contributed by atoms with van der Waals surface area (Å²) in [6.07, 6.45) is 7.74. The summed E-state index contributed by atoms with van der Waals surface area (Å²) in [5.74, 6) is -1.06. The highest BCUT2D eigenvalue weighted by atomic mass is 32.1. The van der Waals surface area contributed by atoms with Gasteiger partial charge < -0.3 is 10.1 Å². The number of hydrogen-bond acceptors (Lipinski definition) is 4. The fraction of sp³-hybridized carbons (Fsp3) is 0.421. The smallest absolute Gasteiger partial charge is 0.322 e. The normalized spacial score (nSPS) is 12.2. The maximum atomic E-state index is 12.4. The molecule has 1 atom stereocenters. The molecule has 4 nitrogen and oxygen atoms in total. The number of thiocarbonyl (C=S) groups is 1. The SMILES string of the molecule is CNC(=S)C(C(=O)OCC=C(C)CCC=C(C)C)c1ccccn1. The van der Waals surface area contributed by atoms with Crippen LogP contribution in [0.2, 0.25) is 0 Å². The third kappa shape index (κ3) is 7.04. The van der Waals surface area contributed by atoms with E-state index in [1.54, 1.807) is 25.4 Å².